The smallest absolute Gasteiger partial charge is 0.307 e. The largest absolute Gasteiger partial charge is 0.333 e. The number of benzene rings is 3. The van der Waals surface area contributed by atoms with Crippen molar-refractivity contribution in [1.29, 1.82) is 5.26 Å². The van der Waals surface area contributed by atoms with Crippen molar-refractivity contribution in [3.05, 3.63) is 105 Å². The van der Waals surface area contributed by atoms with Gasteiger partial charge in [0.2, 0.25) is 5.03 Å². The highest BCUT2D eigenvalue weighted by Gasteiger charge is 2.33. The second-order valence-electron chi connectivity index (χ2n) is 14.5. The minimum absolute atomic E-state index is 0.0816. The van der Waals surface area contributed by atoms with Gasteiger partial charge in [-0.2, -0.15) is 22.1 Å². The Morgan fingerprint density at radius 1 is 0.679 bits per heavy atom. The molecule has 1 atom stereocenters. The standard InChI is InChI=1S/C39H35N9O6S2/c40-19-33-37(42-15-14-41-33)56(53,54)48-39(50)46-36-28-9-3-6-23(28)17-30-25(11-12-29(30)36)24-10-13-31-32(18-24)43-20-34(44-31)55(51,52)47-38(49)45-35-26-7-1-4-21(26)16-22-5-2-8-27(22)35/h10,13-18,20,25H,1-9,11-12H2,(H2,45,47,49)(H2,46,48,50). The molecule has 0 bridgehead atoms. The molecule has 2 aromatic heterocycles. The zero-order chi connectivity index (χ0) is 38.8. The van der Waals surface area contributed by atoms with Crippen LogP contribution in [0, 0.1) is 11.3 Å². The van der Waals surface area contributed by atoms with E-state index in [9.17, 15) is 31.7 Å². The summed E-state index contributed by atoms with van der Waals surface area (Å²) >= 11 is 0. The van der Waals surface area contributed by atoms with Crippen LogP contribution in [0.5, 0.6) is 0 Å². The quantitative estimate of drug-likeness (QED) is 0.174. The fourth-order valence-electron chi connectivity index (χ4n) is 8.88. The van der Waals surface area contributed by atoms with E-state index in [1.165, 1.54) is 17.3 Å². The summed E-state index contributed by atoms with van der Waals surface area (Å²) < 4.78 is 56.8. The fourth-order valence-corrected chi connectivity index (χ4v) is 10.6. The van der Waals surface area contributed by atoms with E-state index in [1.54, 1.807) is 12.1 Å². The van der Waals surface area contributed by atoms with Crippen molar-refractivity contribution in [2.45, 2.75) is 86.6 Å². The summed E-state index contributed by atoms with van der Waals surface area (Å²) in [6, 6.07) is 9.71. The summed E-state index contributed by atoms with van der Waals surface area (Å²) in [6.45, 7) is 0. The predicted octanol–water partition coefficient (Wildman–Crippen LogP) is 4.86. The molecule has 0 saturated carbocycles. The van der Waals surface area contributed by atoms with Crippen LogP contribution in [0.2, 0.25) is 0 Å². The summed E-state index contributed by atoms with van der Waals surface area (Å²) in [4.78, 5) is 42.6. The maximum Gasteiger partial charge on any atom is 0.333 e. The molecule has 0 fully saturated rings. The topological polar surface area (TPSA) is 226 Å². The Bertz CT molecular complexity index is 2770. The molecule has 0 radical (unpaired) electrons. The predicted molar refractivity (Wildman–Crippen MR) is 204 cm³/mol. The van der Waals surface area contributed by atoms with Crippen molar-refractivity contribution in [2.24, 2.45) is 0 Å². The number of aromatic nitrogens is 4. The van der Waals surface area contributed by atoms with Crippen LogP contribution in [0.1, 0.15) is 87.4 Å². The molecular formula is C39H35N9O6S2. The number of anilines is 2. The summed E-state index contributed by atoms with van der Waals surface area (Å²) in [5.74, 6) is -0.0816. The van der Waals surface area contributed by atoms with Gasteiger partial charge < -0.3 is 10.6 Å². The fraction of sp³-hybridized carbons (Fsp3) is 0.308. The number of hydrogen-bond donors (Lipinski definition) is 4. The third kappa shape index (κ3) is 6.28. The van der Waals surface area contributed by atoms with Gasteiger partial charge in [0.05, 0.1) is 17.2 Å². The molecule has 3 aromatic carbocycles. The second kappa shape index (κ2) is 13.6. The van der Waals surface area contributed by atoms with Crippen LogP contribution in [0.3, 0.4) is 0 Å². The Hall–Kier alpha value is -5.99. The molecule has 9 rings (SSSR count). The molecule has 284 valence electrons. The number of amides is 4. The zero-order valence-corrected chi connectivity index (χ0v) is 31.6. The summed E-state index contributed by atoms with van der Waals surface area (Å²) in [5, 5.41) is 13.9. The van der Waals surface area contributed by atoms with Gasteiger partial charge in [-0.3, -0.25) is 4.98 Å². The van der Waals surface area contributed by atoms with Crippen molar-refractivity contribution < 1.29 is 26.4 Å². The molecular weight excluding hydrogens is 755 g/mol. The number of fused-ring (bicyclic) bond motifs is 5. The number of carbonyl (C=O) groups is 2. The molecule has 4 N–H and O–H groups in total. The van der Waals surface area contributed by atoms with Gasteiger partial charge in [-0.25, -0.2) is 34.0 Å². The highest BCUT2D eigenvalue weighted by molar-refractivity contribution is 7.90. The second-order valence-corrected chi connectivity index (χ2v) is 17.8. The number of sulfonamides is 2. The van der Waals surface area contributed by atoms with E-state index >= 15 is 0 Å². The van der Waals surface area contributed by atoms with Crippen LogP contribution in [-0.4, -0.2) is 48.8 Å². The Morgan fingerprint density at radius 2 is 1.29 bits per heavy atom. The Labute approximate surface area is 322 Å². The first kappa shape index (κ1) is 35.7. The summed E-state index contributed by atoms with van der Waals surface area (Å²) in [5.41, 5.74) is 11.2. The van der Waals surface area contributed by atoms with Gasteiger partial charge >= 0.3 is 12.1 Å². The molecule has 5 aromatic rings. The van der Waals surface area contributed by atoms with Crippen LogP contribution in [0.4, 0.5) is 21.0 Å². The van der Waals surface area contributed by atoms with Crippen molar-refractivity contribution in [3.63, 3.8) is 0 Å². The number of nitrogens with one attached hydrogen (secondary N) is 4. The molecule has 17 heteroatoms. The van der Waals surface area contributed by atoms with Gasteiger partial charge in [0.15, 0.2) is 10.7 Å². The van der Waals surface area contributed by atoms with Gasteiger partial charge in [-0.1, -0.05) is 18.2 Å². The normalized spacial score (nSPS) is 16.7. The van der Waals surface area contributed by atoms with E-state index in [4.69, 9.17) is 0 Å². The average Bonchev–Trinajstić information content (AvgIpc) is 4.01. The van der Waals surface area contributed by atoms with Crippen LogP contribution in [-0.2, 0) is 65.0 Å². The summed E-state index contributed by atoms with van der Waals surface area (Å²) in [7, 11) is -8.84. The summed E-state index contributed by atoms with van der Waals surface area (Å²) in [6.07, 6.45) is 12.8. The first-order chi connectivity index (χ1) is 27.0. The Balaban J connectivity index is 0.944. The zero-order valence-electron chi connectivity index (χ0n) is 30.0. The van der Waals surface area contributed by atoms with E-state index in [0.717, 1.165) is 115 Å². The van der Waals surface area contributed by atoms with Crippen molar-refractivity contribution in [3.8, 4) is 6.07 Å². The number of rotatable bonds is 7. The molecule has 4 aliphatic carbocycles. The van der Waals surface area contributed by atoms with E-state index < -0.39 is 42.8 Å². The van der Waals surface area contributed by atoms with Crippen molar-refractivity contribution in [1.82, 2.24) is 29.4 Å². The van der Waals surface area contributed by atoms with Crippen molar-refractivity contribution >= 4 is 54.5 Å². The van der Waals surface area contributed by atoms with Gasteiger partial charge in [-0.15, -0.1) is 0 Å². The highest BCUT2D eigenvalue weighted by atomic mass is 32.2. The molecule has 0 saturated heterocycles. The minimum Gasteiger partial charge on any atom is -0.307 e. The van der Waals surface area contributed by atoms with E-state index in [0.29, 0.717) is 29.6 Å². The molecule has 4 aliphatic rings. The monoisotopic (exact) mass is 789 g/mol. The molecule has 56 heavy (non-hydrogen) atoms. The van der Waals surface area contributed by atoms with Crippen LogP contribution in [0.15, 0.2) is 59.0 Å². The molecule has 4 amide bonds. The number of urea groups is 2. The van der Waals surface area contributed by atoms with Gasteiger partial charge in [-0.05, 0) is 133 Å². The van der Waals surface area contributed by atoms with Crippen LogP contribution >= 0.6 is 0 Å². The van der Waals surface area contributed by atoms with Crippen molar-refractivity contribution in [2.75, 3.05) is 10.6 Å². The molecule has 1 unspecified atom stereocenters. The van der Waals surface area contributed by atoms with E-state index in [-0.39, 0.29) is 10.9 Å². The lowest BCUT2D eigenvalue weighted by Gasteiger charge is -2.19. The third-order valence-electron chi connectivity index (χ3n) is 11.3. The molecule has 0 spiro atoms. The number of nitrogens with zero attached hydrogens (tertiary/aromatic N) is 5. The Morgan fingerprint density at radius 3 is 1.95 bits per heavy atom. The lowest BCUT2D eigenvalue weighted by Crippen LogP contribution is -2.36. The molecule has 2 heterocycles. The van der Waals surface area contributed by atoms with Gasteiger partial charge in [0.25, 0.3) is 20.0 Å². The highest BCUT2D eigenvalue weighted by Crippen LogP contribution is 2.46. The average molecular weight is 790 g/mol. The van der Waals surface area contributed by atoms with E-state index in [2.05, 4.69) is 47.4 Å². The third-order valence-corrected chi connectivity index (χ3v) is 13.7. The first-order valence-electron chi connectivity index (χ1n) is 18.5. The molecule has 15 nitrogen and oxygen atoms in total. The first-order valence-corrected chi connectivity index (χ1v) is 21.4. The van der Waals surface area contributed by atoms with Crippen LogP contribution in [0.25, 0.3) is 11.0 Å². The number of hydrogen-bond acceptors (Lipinski definition) is 11. The molecule has 0 aliphatic heterocycles. The number of aryl methyl sites for hydroxylation is 3. The maximum atomic E-state index is 13.4. The SMILES string of the molecule is N#Cc1nccnc1S(=O)(=O)NC(=O)Nc1c2c(cc3c1CCC3c1ccc3nc(S(=O)(=O)NC(=O)Nc4c5c(cc6c4CCC6)CCC5)cnc3c1)CCC2. The van der Waals surface area contributed by atoms with E-state index in [1.807, 2.05) is 16.9 Å². The maximum absolute atomic E-state index is 13.4. The lowest BCUT2D eigenvalue weighted by atomic mass is 9.90. The van der Waals surface area contributed by atoms with Crippen LogP contribution < -0.4 is 20.1 Å². The van der Waals surface area contributed by atoms with Gasteiger partial charge in [0, 0.05) is 29.7 Å². The lowest BCUT2D eigenvalue weighted by molar-refractivity contribution is 0.255. The van der Waals surface area contributed by atoms with Gasteiger partial charge in [0.1, 0.15) is 6.07 Å². The minimum atomic E-state index is -4.49. The Kier molecular flexibility index (Phi) is 8.69. The number of nitriles is 1. The number of carbonyl (C=O) groups excluding carboxylic acids is 2.